The number of hydrogen-bond acceptors (Lipinski definition) is 3. The third kappa shape index (κ3) is 2.86. The lowest BCUT2D eigenvalue weighted by molar-refractivity contribution is -0.147. The van der Waals surface area contributed by atoms with E-state index in [1.165, 1.54) is 19.3 Å². The second-order valence-corrected chi connectivity index (χ2v) is 8.62. The molecule has 4 aliphatic rings. The molecule has 0 spiro atoms. The van der Waals surface area contributed by atoms with Crippen LogP contribution in [-0.4, -0.2) is 18.4 Å². The van der Waals surface area contributed by atoms with Crippen LogP contribution in [0, 0.1) is 23.2 Å². The Morgan fingerprint density at radius 1 is 1.09 bits per heavy atom. The Labute approximate surface area is 144 Å². The molecule has 4 aliphatic carbocycles. The number of carbonyl (C=O) groups excluding carboxylic acids is 2. The lowest BCUT2D eigenvalue weighted by Crippen LogP contribution is -2.51. The summed E-state index contributed by atoms with van der Waals surface area (Å²) in [6.07, 6.45) is 6.99. The summed E-state index contributed by atoms with van der Waals surface area (Å²) in [5, 5.41) is 0. The van der Waals surface area contributed by atoms with Crippen molar-refractivity contribution >= 4 is 27.7 Å². The largest absolute Gasteiger partial charge is 0.454 e. The zero-order valence-corrected chi connectivity index (χ0v) is 14.7. The first kappa shape index (κ1) is 15.4. The smallest absolute Gasteiger partial charge is 0.338 e. The number of carbonyl (C=O) groups is 2. The minimum atomic E-state index is -0.413. The Morgan fingerprint density at radius 2 is 1.70 bits per heavy atom. The van der Waals surface area contributed by atoms with Gasteiger partial charge in [0.15, 0.2) is 12.4 Å². The molecule has 4 bridgehead atoms. The normalized spacial score (nSPS) is 34.4. The highest BCUT2D eigenvalue weighted by molar-refractivity contribution is 9.10. The van der Waals surface area contributed by atoms with Gasteiger partial charge >= 0.3 is 5.97 Å². The molecule has 0 heterocycles. The van der Waals surface area contributed by atoms with Crippen molar-refractivity contribution in [3.05, 3.63) is 34.3 Å². The lowest BCUT2D eigenvalue weighted by atomic mass is 9.48. The molecule has 4 fully saturated rings. The first-order chi connectivity index (χ1) is 11.0. The molecule has 122 valence electrons. The first-order valence-corrected chi connectivity index (χ1v) is 9.29. The van der Waals surface area contributed by atoms with E-state index in [1.807, 2.05) is 6.07 Å². The Morgan fingerprint density at radius 3 is 2.26 bits per heavy atom. The van der Waals surface area contributed by atoms with E-state index in [1.54, 1.807) is 18.2 Å². The van der Waals surface area contributed by atoms with Crippen molar-refractivity contribution in [2.24, 2.45) is 23.2 Å². The van der Waals surface area contributed by atoms with Crippen molar-refractivity contribution < 1.29 is 14.3 Å². The van der Waals surface area contributed by atoms with E-state index in [0.29, 0.717) is 5.56 Å². The highest BCUT2D eigenvalue weighted by Crippen LogP contribution is 2.60. The van der Waals surface area contributed by atoms with Gasteiger partial charge in [-0.15, -0.1) is 0 Å². The number of Topliss-reactive ketones (excluding diaryl/α,β-unsaturated/α-hetero) is 1. The highest BCUT2D eigenvalue weighted by Gasteiger charge is 2.54. The zero-order valence-electron chi connectivity index (χ0n) is 13.1. The van der Waals surface area contributed by atoms with Crippen molar-refractivity contribution in [2.45, 2.75) is 38.5 Å². The molecule has 5 rings (SSSR count). The monoisotopic (exact) mass is 376 g/mol. The summed E-state index contributed by atoms with van der Waals surface area (Å²) < 4.78 is 6.16. The second kappa shape index (κ2) is 5.73. The number of ether oxygens (including phenoxy) is 1. The van der Waals surface area contributed by atoms with Crippen LogP contribution in [0.2, 0.25) is 0 Å². The summed E-state index contributed by atoms with van der Waals surface area (Å²) in [5.74, 6) is 1.92. The maximum Gasteiger partial charge on any atom is 0.338 e. The van der Waals surface area contributed by atoms with E-state index in [0.717, 1.165) is 41.5 Å². The van der Waals surface area contributed by atoms with Gasteiger partial charge in [0.1, 0.15) is 0 Å². The van der Waals surface area contributed by atoms with Gasteiger partial charge < -0.3 is 4.74 Å². The molecule has 0 amide bonds. The molecule has 0 radical (unpaired) electrons. The van der Waals surface area contributed by atoms with E-state index in [-0.39, 0.29) is 17.8 Å². The Balaban J connectivity index is 1.41. The number of ketones is 1. The first-order valence-electron chi connectivity index (χ1n) is 8.50. The van der Waals surface area contributed by atoms with Crippen LogP contribution < -0.4 is 0 Å². The summed E-state index contributed by atoms with van der Waals surface area (Å²) in [6.45, 7) is -0.0719. The van der Waals surface area contributed by atoms with Crippen molar-refractivity contribution in [1.82, 2.24) is 0 Å². The molecule has 0 unspecified atom stereocenters. The van der Waals surface area contributed by atoms with E-state index in [9.17, 15) is 9.59 Å². The Hall–Kier alpha value is -1.16. The maximum atomic E-state index is 12.8. The molecular weight excluding hydrogens is 356 g/mol. The molecule has 4 heteroatoms. The van der Waals surface area contributed by atoms with Crippen LogP contribution >= 0.6 is 15.9 Å². The van der Waals surface area contributed by atoms with Crippen molar-refractivity contribution in [1.29, 1.82) is 0 Å². The van der Waals surface area contributed by atoms with Crippen LogP contribution in [0.15, 0.2) is 28.7 Å². The fraction of sp³-hybridized carbons (Fsp3) is 0.579. The predicted molar refractivity (Wildman–Crippen MR) is 90.0 cm³/mol. The van der Waals surface area contributed by atoms with Crippen molar-refractivity contribution in [3.8, 4) is 0 Å². The van der Waals surface area contributed by atoms with E-state index >= 15 is 0 Å². The van der Waals surface area contributed by atoms with Gasteiger partial charge in [0.2, 0.25) is 0 Å². The molecule has 0 N–H and O–H groups in total. The number of esters is 1. The van der Waals surface area contributed by atoms with Crippen molar-refractivity contribution in [3.63, 3.8) is 0 Å². The second-order valence-electron chi connectivity index (χ2n) is 7.71. The molecule has 1 aromatic rings. The van der Waals surface area contributed by atoms with Gasteiger partial charge in [0.25, 0.3) is 0 Å². The van der Waals surface area contributed by atoms with Gasteiger partial charge in [0, 0.05) is 9.89 Å². The molecular formula is C19H21BrO3. The third-order valence-electron chi connectivity index (χ3n) is 6.02. The summed E-state index contributed by atoms with van der Waals surface area (Å²) >= 11 is 3.34. The zero-order chi connectivity index (χ0) is 16.0. The fourth-order valence-electron chi connectivity index (χ4n) is 5.44. The summed E-state index contributed by atoms with van der Waals surface area (Å²) in [6, 6.07) is 7.08. The van der Waals surface area contributed by atoms with E-state index < -0.39 is 5.97 Å². The average Bonchev–Trinajstić information content (AvgIpc) is 2.51. The average molecular weight is 377 g/mol. The Kier molecular flexibility index (Phi) is 3.83. The number of benzene rings is 1. The van der Waals surface area contributed by atoms with Gasteiger partial charge in [-0.3, -0.25) is 4.79 Å². The number of halogens is 1. The molecule has 3 nitrogen and oxygen atoms in total. The van der Waals surface area contributed by atoms with Crippen molar-refractivity contribution in [2.75, 3.05) is 6.61 Å². The summed E-state index contributed by atoms with van der Waals surface area (Å²) in [7, 11) is 0. The highest BCUT2D eigenvalue weighted by atomic mass is 79.9. The van der Waals surface area contributed by atoms with Gasteiger partial charge in [-0.1, -0.05) is 22.0 Å². The molecule has 23 heavy (non-hydrogen) atoms. The van der Waals surface area contributed by atoms with Crippen LogP contribution in [0.4, 0.5) is 0 Å². The maximum absolute atomic E-state index is 12.8. The number of hydrogen-bond donors (Lipinski definition) is 0. The fourth-order valence-corrected chi connectivity index (χ4v) is 5.83. The van der Waals surface area contributed by atoms with Crippen LogP contribution in [0.25, 0.3) is 0 Å². The molecule has 0 saturated heterocycles. The predicted octanol–water partition coefficient (Wildman–Crippen LogP) is 4.39. The summed E-state index contributed by atoms with van der Waals surface area (Å²) in [5.41, 5.74) is 0.296. The van der Waals surface area contributed by atoms with Crippen LogP contribution in [0.3, 0.4) is 0 Å². The standard InChI is InChI=1S/C19H21BrO3/c20-16-3-1-2-15(7-16)18(22)23-11-17(21)19-8-12-4-13(9-19)6-14(5-12)10-19/h1-3,7,12-14H,4-6,8-11H2. The molecule has 0 aliphatic heterocycles. The molecule has 1 aromatic carbocycles. The number of rotatable bonds is 4. The minimum absolute atomic E-state index is 0.0719. The van der Waals surface area contributed by atoms with Crippen LogP contribution in [0.1, 0.15) is 48.9 Å². The minimum Gasteiger partial charge on any atom is -0.454 e. The van der Waals surface area contributed by atoms with Gasteiger partial charge in [-0.2, -0.15) is 0 Å². The quantitative estimate of drug-likeness (QED) is 0.731. The summed E-state index contributed by atoms with van der Waals surface area (Å²) in [4.78, 5) is 24.9. The molecule has 0 atom stereocenters. The SMILES string of the molecule is O=C(OCC(=O)C12CC3CC(CC(C3)C1)C2)c1cccc(Br)c1. The van der Waals surface area contributed by atoms with Gasteiger partial charge in [-0.05, 0) is 74.5 Å². The molecule has 4 saturated carbocycles. The van der Waals surface area contributed by atoms with E-state index in [4.69, 9.17) is 4.74 Å². The molecule has 0 aromatic heterocycles. The van der Waals surface area contributed by atoms with Crippen LogP contribution in [0.5, 0.6) is 0 Å². The topological polar surface area (TPSA) is 43.4 Å². The van der Waals surface area contributed by atoms with Gasteiger partial charge in [0.05, 0.1) is 5.56 Å². The van der Waals surface area contributed by atoms with E-state index in [2.05, 4.69) is 15.9 Å². The third-order valence-corrected chi connectivity index (χ3v) is 6.52. The van der Waals surface area contributed by atoms with Crippen LogP contribution in [-0.2, 0) is 9.53 Å². The van der Waals surface area contributed by atoms with Gasteiger partial charge in [-0.25, -0.2) is 4.79 Å². The lowest BCUT2D eigenvalue weighted by Gasteiger charge is -2.55. The Bertz CT molecular complexity index is 616.